The molecule has 2 rings (SSSR count). The molecule has 1 amide bonds. The maximum absolute atomic E-state index is 12.2. The monoisotopic (exact) mass is 317 g/mol. The lowest BCUT2D eigenvalue weighted by molar-refractivity contribution is -0.139. The number of aryl methyl sites for hydroxylation is 1. The van der Waals surface area contributed by atoms with E-state index in [2.05, 4.69) is 5.32 Å². The minimum absolute atomic E-state index is 0.0432. The molecule has 0 fully saturated rings. The van der Waals surface area contributed by atoms with Crippen molar-refractivity contribution in [3.8, 4) is 0 Å². The number of hydrogen-bond donors (Lipinski definition) is 2. The number of carbonyl (C=O) groups excluding carboxylic acids is 1. The third kappa shape index (κ3) is 4.12. The lowest BCUT2D eigenvalue weighted by atomic mass is 9.85. The van der Waals surface area contributed by atoms with Crippen LogP contribution in [0.15, 0.2) is 28.7 Å². The van der Waals surface area contributed by atoms with Crippen LogP contribution in [0.3, 0.4) is 0 Å². The zero-order chi connectivity index (χ0) is 17.2. The quantitative estimate of drug-likeness (QED) is 0.849. The highest BCUT2D eigenvalue weighted by Gasteiger charge is 2.26. The summed E-state index contributed by atoms with van der Waals surface area (Å²) in [7, 11) is 0. The Morgan fingerprint density at radius 3 is 2.52 bits per heavy atom. The molecule has 0 radical (unpaired) electrons. The van der Waals surface area contributed by atoms with Gasteiger partial charge in [-0.15, -0.1) is 0 Å². The molecular formula is C18H23NO4. The molecule has 0 saturated heterocycles. The van der Waals surface area contributed by atoms with Crippen molar-refractivity contribution in [2.45, 2.75) is 46.6 Å². The number of para-hydroxylation sites is 1. The van der Waals surface area contributed by atoms with Crippen LogP contribution in [0.4, 0.5) is 0 Å². The van der Waals surface area contributed by atoms with Crippen LogP contribution in [0.5, 0.6) is 0 Å². The fourth-order valence-electron chi connectivity index (χ4n) is 2.87. The summed E-state index contributed by atoms with van der Waals surface area (Å²) < 4.78 is 5.85. The predicted molar refractivity (Wildman–Crippen MR) is 88.2 cm³/mol. The molecule has 0 aliphatic carbocycles. The van der Waals surface area contributed by atoms with Gasteiger partial charge in [0.25, 0.3) is 0 Å². The van der Waals surface area contributed by atoms with Crippen LogP contribution < -0.4 is 5.32 Å². The number of carbonyl (C=O) groups is 2. The smallest absolute Gasteiger partial charge is 0.303 e. The number of furan rings is 1. The molecule has 2 aromatic rings. The number of aliphatic carboxylic acids is 1. The molecule has 124 valence electrons. The van der Waals surface area contributed by atoms with Crippen LogP contribution in [0.25, 0.3) is 11.0 Å². The second kappa shape index (κ2) is 6.44. The minimum Gasteiger partial charge on any atom is -0.481 e. The topological polar surface area (TPSA) is 79.5 Å². The Bertz CT molecular complexity index is 730. The second-order valence-corrected chi connectivity index (χ2v) is 6.79. The number of nitrogens with one attached hydrogen (secondary N) is 1. The summed E-state index contributed by atoms with van der Waals surface area (Å²) in [5, 5.41) is 12.8. The molecule has 1 aromatic heterocycles. The minimum atomic E-state index is -0.899. The number of rotatable bonds is 6. The van der Waals surface area contributed by atoms with E-state index in [0.717, 1.165) is 22.3 Å². The van der Waals surface area contributed by atoms with E-state index in [1.54, 1.807) is 13.8 Å². The second-order valence-electron chi connectivity index (χ2n) is 6.79. The van der Waals surface area contributed by atoms with Crippen molar-refractivity contribution in [3.63, 3.8) is 0 Å². The number of carboxylic acids is 1. The fourth-order valence-corrected chi connectivity index (χ4v) is 2.87. The predicted octanol–water partition coefficient (Wildman–Crippen LogP) is 3.81. The summed E-state index contributed by atoms with van der Waals surface area (Å²) in [6.45, 7) is 7.39. The standard InChI is InChI=1S/C18H23NO4/c1-11-13-7-5-6-8-14(13)23-17(11)12(2)19-15(20)9-18(3,4)10-16(21)22/h5-8,12H,9-10H2,1-4H3,(H,19,20)(H,21,22). The van der Waals surface area contributed by atoms with Crippen molar-refractivity contribution < 1.29 is 19.1 Å². The van der Waals surface area contributed by atoms with Crippen LogP contribution in [0.1, 0.15) is 51.0 Å². The molecule has 1 heterocycles. The summed E-state index contributed by atoms with van der Waals surface area (Å²) >= 11 is 0. The van der Waals surface area contributed by atoms with E-state index < -0.39 is 11.4 Å². The normalized spacial score (nSPS) is 13.0. The lowest BCUT2D eigenvalue weighted by Crippen LogP contribution is -2.32. The van der Waals surface area contributed by atoms with Gasteiger partial charge in [-0.2, -0.15) is 0 Å². The average molecular weight is 317 g/mol. The molecule has 0 saturated carbocycles. The van der Waals surface area contributed by atoms with Crippen LogP contribution in [0, 0.1) is 12.3 Å². The van der Waals surface area contributed by atoms with Crippen molar-refractivity contribution in [1.29, 1.82) is 0 Å². The van der Waals surface area contributed by atoms with Crippen molar-refractivity contribution in [2.75, 3.05) is 0 Å². The number of carboxylic acid groups (broad SMARTS) is 1. The first-order chi connectivity index (χ1) is 10.7. The fraction of sp³-hybridized carbons (Fsp3) is 0.444. The largest absolute Gasteiger partial charge is 0.481 e. The molecule has 1 unspecified atom stereocenters. The summed E-state index contributed by atoms with van der Waals surface area (Å²) in [6.07, 6.45) is 0.112. The third-order valence-corrected chi connectivity index (χ3v) is 3.92. The molecule has 1 atom stereocenters. The Kier molecular flexibility index (Phi) is 4.78. The van der Waals surface area contributed by atoms with Gasteiger partial charge in [0.15, 0.2) is 0 Å². The Morgan fingerprint density at radius 1 is 1.26 bits per heavy atom. The Labute approximate surface area is 135 Å². The number of hydrogen-bond acceptors (Lipinski definition) is 3. The molecule has 0 aliphatic rings. The molecular weight excluding hydrogens is 294 g/mol. The van der Waals surface area contributed by atoms with Gasteiger partial charge < -0.3 is 14.8 Å². The molecule has 23 heavy (non-hydrogen) atoms. The van der Waals surface area contributed by atoms with Crippen molar-refractivity contribution in [1.82, 2.24) is 5.32 Å². The van der Waals surface area contributed by atoms with Gasteiger partial charge in [-0.1, -0.05) is 32.0 Å². The number of amides is 1. The zero-order valence-electron chi connectivity index (χ0n) is 14.0. The summed E-state index contributed by atoms with van der Waals surface area (Å²) in [5.41, 5.74) is 1.23. The van der Waals surface area contributed by atoms with Gasteiger partial charge in [0.2, 0.25) is 5.91 Å². The van der Waals surface area contributed by atoms with Crippen molar-refractivity contribution in [2.24, 2.45) is 5.41 Å². The summed E-state index contributed by atoms with van der Waals surface area (Å²) in [5.74, 6) is -0.344. The van der Waals surface area contributed by atoms with Gasteiger partial charge in [0.05, 0.1) is 12.5 Å². The van der Waals surface area contributed by atoms with E-state index in [4.69, 9.17) is 9.52 Å². The molecule has 0 spiro atoms. The first-order valence-electron chi connectivity index (χ1n) is 7.69. The van der Waals surface area contributed by atoms with E-state index in [9.17, 15) is 9.59 Å². The van der Waals surface area contributed by atoms with Crippen molar-refractivity contribution >= 4 is 22.8 Å². The number of fused-ring (bicyclic) bond motifs is 1. The van der Waals surface area contributed by atoms with Gasteiger partial charge in [-0.05, 0) is 25.3 Å². The van der Waals surface area contributed by atoms with Gasteiger partial charge >= 0.3 is 5.97 Å². The molecule has 1 aromatic carbocycles. The van der Waals surface area contributed by atoms with E-state index >= 15 is 0 Å². The van der Waals surface area contributed by atoms with Crippen molar-refractivity contribution in [3.05, 3.63) is 35.6 Å². The molecule has 5 heteroatoms. The van der Waals surface area contributed by atoms with Crippen LogP contribution >= 0.6 is 0 Å². The SMILES string of the molecule is Cc1c(C(C)NC(=O)CC(C)(C)CC(=O)O)oc2ccccc12. The maximum Gasteiger partial charge on any atom is 0.303 e. The average Bonchev–Trinajstić information content (AvgIpc) is 2.74. The molecule has 0 aliphatic heterocycles. The Balaban J connectivity index is 2.08. The maximum atomic E-state index is 12.2. The van der Waals surface area contributed by atoms with E-state index in [1.807, 2.05) is 38.1 Å². The molecule has 0 bridgehead atoms. The highest BCUT2D eigenvalue weighted by Crippen LogP contribution is 2.30. The van der Waals surface area contributed by atoms with Gasteiger partial charge in [-0.3, -0.25) is 9.59 Å². The lowest BCUT2D eigenvalue weighted by Gasteiger charge is -2.22. The van der Waals surface area contributed by atoms with Crippen LogP contribution in [0.2, 0.25) is 0 Å². The highest BCUT2D eigenvalue weighted by molar-refractivity contribution is 5.83. The Hall–Kier alpha value is -2.30. The van der Waals surface area contributed by atoms with E-state index in [-0.39, 0.29) is 24.8 Å². The first kappa shape index (κ1) is 17.1. The van der Waals surface area contributed by atoms with E-state index in [0.29, 0.717) is 0 Å². The third-order valence-electron chi connectivity index (χ3n) is 3.92. The number of benzene rings is 1. The van der Waals surface area contributed by atoms with Crippen LogP contribution in [-0.2, 0) is 9.59 Å². The summed E-state index contributed by atoms with van der Waals surface area (Å²) in [6, 6.07) is 7.48. The van der Waals surface area contributed by atoms with Gasteiger partial charge in [-0.25, -0.2) is 0 Å². The highest BCUT2D eigenvalue weighted by atomic mass is 16.4. The first-order valence-corrected chi connectivity index (χ1v) is 7.69. The van der Waals surface area contributed by atoms with E-state index in [1.165, 1.54) is 0 Å². The Morgan fingerprint density at radius 2 is 1.91 bits per heavy atom. The molecule has 5 nitrogen and oxygen atoms in total. The zero-order valence-corrected chi connectivity index (χ0v) is 14.0. The molecule has 2 N–H and O–H groups in total. The summed E-state index contributed by atoms with van der Waals surface area (Å²) in [4.78, 5) is 23.0. The van der Waals surface area contributed by atoms with Crippen LogP contribution in [-0.4, -0.2) is 17.0 Å². The van der Waals surface area contributed by atoms with Gasteiger partial charge in [0, 0.05) is 17.4 Å². The van der Waals surface area contributed by atoms with Gasteiger partial charge in [0.1, 0.15) is 11.3 Å².